The van der Waals surface area contributed by atoms with Crippen LogP contribution in [0.3, 0.4) is 0 Å². The number of carbonyl (C=O) groups is 2. The number of aromatic hydroxyl groups is 1. The first-order valence-corrected chi connectivity index (χ1v) is 11.7. The molecule has 0 aliphatic carbocycles. The van der Waals surface area contributed by atoms with Crippen molar-refractivity contribution in [3.8, 4) is 5.75 Å². The molecule has 180 valence electrons. The summed E-state index contributed by atoms with van der Waals surface area (Å²) >= 11 is 3.47. The summed E-state index contributed by atoms with van der Waals surface area (Å²) in [5.41, 5.74) is 0.306. The SMILES string of the molecule is Cc1cc(F)c(CNC(=O)c2cn3c(c(O)c2=O)C(=O)N2CCc4ccc(Br)cc4C3C2)c(F)c1. The number of aryl methyl sites for hydroxylation is 1. The molecule has 2 amide bonds. The van der Waals surface area contributed by atoms with Crippen molar-refractivity contribution < 1.29 is 23.5 Å². The molecule has 0 saturated heterocycles. The first-order valence-electron chi connectivity index (χ1n) is 10.9. The molecule has 2 aliphatic heterocycles. The number of aromatic nitrogens is 1. The van der Waals surface area contributed by atoms with E-state index in [1.807, 2.05) is 18.2 Å². The number of hydrogen-bond donors (Lipinski definition) is 2. The van der Waals surface area contributed by atoms with Gasteiger partial charge in [0.1, 0.15) is 17.2 Å². The number of hydrogen-bond acceptors (Lipinski definition) is 4. The molecule has 0 saturated carbocycles. The number of pyridine rings is 1. The second kappa shape index (κ2) is 8.60. The third kappa shape index (κ3) is 3.91. The summed E-state index contributed by atoms with van der Waals surface area (Å²) in [6, 6.07) is 7.61. The molecule has 2 aromatic carbocycles. The summed E-state index contributed by atoms with van der Waals surface area (Å²) in [7, 11) is 0. The van der Waals surface area contributed by atoms with Gasteiger partial charge in [-0.3, -0.25) is 14.4 Å². The summed E-state index contributed by atoms with van der Waals surface area (Å²) in [5, 5.41) is 13.1. The molecule has 0 radical (unpaired) electrons. The molecule has 2 aliphatic rings. The zero-order chi connectivity index (χ0) is 25.0. The minimum Gasteiger partial charge on any atom is -0.503 e. The van der Waals surface area contributed by atoms with Crippen LogP contribution in [-0.2, 0) is 13.0 Å². The molecule has 0 fully saturated rings. The third-order valence-corrected chi connectivity index (χ3v) is 7.00. The van der Waals surface area contributed by atoms with Gasteiger partial charge in [-0.2, -0.15) is 0 Å². The average Bonchev–Trinajstić information content (AvgIpc) is 2.96. The Kier molecular flexibility index (Phi) is 5.71. The summed E-state index contributed by atoms with van der Waals surface area (Å²) in [4.78, 5) is 40.4. The Labute approximate surface area is 207 Å². The van der Waals surface area contributed by atoms with E-state index in [0.717, 1.165) is 27.7 Å². The molecule has 2 N–H and O–H groups in total. The molecule has 1 unspecified atom stereocenters. The maximum atomic E-state index is 14.2. The third-order valence-electron chi connectivity index (χ3n) is 6.50. The lowest BCUT2D eigenvalue weighted by molar-refractivity contribution is 0.0686. The van der Waals surface area contributed by atoms with E-state index in [4.69, 9.17) is 0 Å². The lowest BCUT2D eigenvalue weighted by Gasteiger charge is -2.35. The Bertz CT molecular complexity index is 1450. The van der Waals surface area contributed by atoms with Crippen molar-refractivity contribution in [1.29, 1.82) is 0 Å². The maximum Gasteiger partial charge on any atom is 0.274 e. The van der Waals surface area contributed by atoms with Crippen molar-refractivity contribution in [3.63, 3.8) is 0 Å². The van der Waals surface area contributed by atoms with Gasteiger partial charge in [-0.1, -0.05) is 22.0 Å². The van der Waals surface area contributed by atoms with E-state index < -0.39 is 52.8 Å². The monoisotopic (exact) mass is 543 g/mol. The number of halogens is 3. The topological polar surface area (TPSA) is 91.6 Å². The molecule has 7 nitrogen and oxygen atoms in total. The molecule has 3 heterocycles. The summed E-state index contributed by atoms with van der Waals surface area (Å²) in [5.74, 6) is -3.89. The van der Waals surface area contributed by atoms with Gasteiger partial charge < -0.3 is 19.9 Å². The van der Waals surface area contributed by atoms with Gasteiger partial charge in [-0.05, 0) is 54.3 Å². The van der Waals surface area contributed by atoms with Gasteiger partial charge in [-0.25, -0.2) is 8.78 Å². The van der Waals surface area contributed by atoms with Crippen molar-refractivity contribution in [1.82, 2.24) is 14.8 Å². The molecule has 0 spiro atoms. The zero-order valence-corrected chi connectivity index (χ0v) is 20.2. The number of amides is 2. The summed E-state index contributed by atoms with van der Waals surface area (Å²) < 4.78 is 30.6. The van der Waals surface area contributed by atoms with Crippen molar-refractivity contribution in [3.05, 3.63) is 96.4 Å². The van der Waals surface area contributed by atoms with E-state index in [9.17, 15) is 28.3 Å². The summed E-state index contributed by atoms with van der Waals surface area (Å²) in [6.07, 6.45) is 1.84. The van der Waals surface area contributed by atoms with Crippen LogP contribution >= 0.6 is 15.9 Å². The van der Waals surface area contributed by atoms with Gasteiger partial charge >= 0.3 is 0 Å². The molecule has 10 heteroatoms. The number of carbonyl (C=O) groups excluding carboxylic acids is 2. The number of benzene rings is 2. The quantitative estimate of drug-likeness (QED) is 0.529. The van der Waals surface area contributed by atoms with Gasteiger partial charge in [0.05, 0.1) is 6.04 Å². The van der Waals surface area contributed by atoms with E-state index in [1.54, 1.807) is 4.90 Å². The van der Waals surface area contributed by atoms with Crippen LogP contribution in [0.4, 0.5) is 8.78 Å². The first-order chi connectivity index (χ1) is 16.7. The van der Waals surface area contributed by atoms with E-state index in [1.165, 1.54) is 17.7 Å². The Morgan fingerprint density at radius 2 is 1.91 bits per heavy atom. The van der Waals surface area contributed by atoms with Crippen molar-refractivity contribution in [2.24, 2.45) is 0 Å². The lowest BCUT2D eigenvalue weighted by Crippen LogP contribution is -2.45. The Morgan fingerprint density at radius 3 is 2.63 bits per heavy atom. The Hall–Kier alpha value is -3.53. The highest BCUT2D eigenvalue weighted by molar-refractivity contribution is 9.10. The van der Waals surface area contributed by atoms with Crippen molar-refractivity contribution in [2.75, 3.05) is 13.1 Å². The van der Waals surface area contributed by atoms with Gasteiger partial charge in [0, 0.05) is 35.9 Å². The molecule has 35 heavy (non-hydrogen) atoms. The van der Waals surface area contributed by atoms with Crippen LogP contribution < -0.4 is 10.7 Å². The fourth-order valence-electron chi connectivity index (χ4n) is 4.73. The number of rotatable bonds is 3. The Morgan fingerprint density at radius 1 is 1.20 bits per heavy atom. The molecule has 1 atom stereocenters. The molecule has 2 bridgehead atoms. The fourth-order valence-corrected chi connectivity index (χ4v) is 5.11. The van der Waals surface area contributed by atoms with E-state index >= 15 is 0 Å². The highest BCUT2D eigenvalue weighted by atomic mass is 79.9. The van der Waals surface area contributed by atoms with Crippen LogP contribution in [0.1, 0.15) is 49.1 Å². The minimum absolute atomic E-state index is 0.189. The van der Waals surface area contributed by atoms with Crippen LogP contribution in [0.5, 0.6) is 5.75 Å². The van der Waals surface area contributed by atoms with Gasteiger partial charge in [0.15, 0.2) is 11.4 Å². The van der Waals surface area contributed by atoms with E-state index in [-0.39, 0.29) is 11.3 Å². The molecule has 3 aromatic rings. The van der Waals surface area contributed by atoms with Crippen LogP contribution in [0.25, 0.3) is 0 Å². The predicted octanol–water partition coefficient (Wildman–Crippen LogP) is 3.43. The Balaban J connectivity index is 1.56. The van der Waals surface area contributed by atoms with Gasteiger partial charge in [0.25, 0.3) is 11.8 Å². The fraction of sp³-hybridized carbons (Fsp3) is 0.240. The highest BCUT2D eigenvalue weighted by Gasteiger charge is 2.38. The predicted molar refractivity (Wildman–Crippen MR) is 127 cm³/mol. The second-order valence-corrected chi connectivity index (χ2v) is 9.64. The minimum atomic E-state index is -1.03. The molecular formula is C25H20BrF2N3O4. The number of fused-ring (bicyclic) bond motifs is 6. The standard InChI is InChI=1S/C25H20BrF2N3O4/c1-12-6-18(27)16(19(28)7-12)9-29-24(34)17-10-31-20-11-30(25(35)21(31)23(33)22(17)32)5-4-13-2-3-14(26)8-15(13)20/h2-3,6-8,10,20,33H,4-5,9,11H2,1H3,(H,29,34). The maximum absolute atomic E-state index is 14.2. The average molecular weight is 544 g/mol. The number of nitrogens with one attached hydrogen (secondary N) is 1. The molecular weight excluding hydrogens is 524 g/mol. The number of nitrogens with zero attached hydrogens (tertiary/aromatic N) is 2. The van der Waals surface area contributed by atoms with Crippen LogP contribution in [-0.4, -0.2) is 39.5 Å². The smallest absolute Gasteiger partial charge is 0.274 e. The lowest BCUT2D eigenvalue weighted by atomic mass is 9.97. The largest absolute Gasteiger partial charge is 0.503 e. The van der Waals surface area contributed by atoms with Crippen LogP contribution in [0, 0.1) is 18.6 Å². The highest BCUT2D eigenvalue weighted by Crippen LogP contribution is 2.36. The molecule has 5 rings (SSSR count). The van der Waals surface area contributed by atoms with Gasteiger partial charge in [-0.15, -0.1) is 0 Å². The van der Waals surface area contributed by atoms with Crippen LogP contribution in [0.2, 0.25) is 0 Å². The van der Waals surface area contributed by atoms with E-state index in [2.05, 4.69) is 21.2 Å². The van der Waals surface area contributed by atoms with Crippen molar-refractivity contribution in [2.45, 2.75) is 25.9 Å². The van der Waals surface area contributed by atoms with Crippen LogP contribution in [0.15, 0.2) is 45.8 Å². The second-order valence-electron chi connectivity index (χ2n) is 8.73. The normalized spacial score (nSPS) is 16.4. The van der Waals surface area contributed by atoms with E-state index in [0.29, 0.717) is 25.1 Å². The summed E-state index contributed by atoms with van der Waals surface area (Å²) in [6.45, 7) is 1.77. The van der Waals surface area contributed by atoms with Crippen molar-refractivity contribution >= 4 is 27.7 Å². The zero-order valence-electron chi connectivity index (χ0n) is 18.6. The first kappa shape index (κ1) is 23.2. The van der Waals surface area contributed by atoms with Gasteiger partial charge in [0.2, 0.25) is 5.43 Å². The molecule has 1 aromatic heterocycles.